The van der Waals surface area contributed by atoms with Gasteiger partial charge in [0.1, 0.15) is 16.8 Å². The van der Waals surface area contributed by atoms with Gasteiger partial charge in [-0.1, -0.05) is 26.0 Å². The van der Waals surface area contributed by atoms with Crippen molar-refractivity contribution in [3.05, 3.63) is 29.3 Å². The van der Waals surface area contributed by atoms with Crippen LogP contribution in [0.2, 0.25) is 0 Å². The molecule has 0 N–H and O–H groups in total. The molecule has 35 heavy (non-hydrogen) atoms. The lowest BCUT2D eigenvalue weighted by atomic mass is 9.43. The summed E-state index contributed by atoms with van der Waals surface area (Å²) in [6, 6.07) is 5.15. The van der Waals surface area contributed by atoms with E-state index in [-0.39, 0.29) is 28.4 Å². The van der Waals surface area contributed by atoms with E-state index < -0.39 is 30.4 Å². The Morgan fingerprint density at radius 3 is 2.29 bits per heavy atom. The first-order chi connectivity index (χ1) is 16.0. The molecule has 4 atom stereocenters. The summed E-state index contributed by atoms with van der Waals surface area (Å²) in [6.07, 6.45) is 1.63. The number of hydrogen-bond donors (Lipinski definition) is 0. The molecule has 2 bridgehead atoms. The van der Waals surface area contributed by atoms with E-state index >= 15 is 0 Å². The minimum Gasteiger partial charge on any atom is -0.456 e. The van der Waals surface area contributed by atoms with Crippen LogP contribution in [0.25, 0.3) is 0 Å². The van der Waals surface area contributed by atoms with Crippen LogP contribution in [0.1, 0.15) is 91.1 Å². The summed E-state index contributed by atoms with van der Waals surface area (Å²) in [6.45, 7) is 17.4. The Balaban J connectivity index is 1.60. The van der Waals surface area contributed by atoms with E-state index in [9.17, 15) is 9.59 Å². The van der Waals surface area contributed by atoms with E-state index in [1.807, 2.05) is 6.07 Å². The van der Waals surface area contributed by atoms with Gasteiger partial charge in [0.25, 0.3) is 0 Å². The van der Waals surface area contributed by atoms with Crippen LogP contribution in [0, 0.1) is 17.3 Å². The molecule has 1 aliphatic heterocycles. The molecule has 0 radical (unpaired) electrons. The van der Waals surface area contributed by atoms with Gasteiger partial charge in [-0.2, -0.15) is 0 Å². The van der Waals surface area contributed by atoms with Crippen molar-refractivity contribution in [3.8, 4) is 5.75 Å². The summed E-state index contributed by atoms with van der Waals surface area (Å²) < 4.78 is 29.5. The normalized spacial score (nSPS) is 29.2. The van der Waals surface area contributed by atoms with E-state index in [0.29, 0.717) is 23.7 Å². The van der Waals surface area contributed by atoms with Crippen LogP contribution in [0.5, 0.6) is 5.75 Å². The highest BCUT2D eigenvalue weighted by Crippen LogP contribution is 2.65. The lowest BCUT2D eigenvalue weighted by molar-refractivity contribution is -0.199. The molecule has 4 aliphatic rings. The molecule has 8 heteroatoms. The van der Waals surface area contributed by atoms with Crippen molar-refractivity contribution in [2.45, 2.75) is 104 Å². The fourth-order valence-electron chi connectivity index (χ4n) is 5.93. The third-order valence-electron chi connectivity index (χ3n) is 7.68. The summed E-state index contributed by atoms with van der Waals surface area (Å²) in [5, 5.41) is 0. The molecular weight excluding hydrogens is 447 g/mol. The fraction of sp³-hybridized carbons (Fsp3) is 0.704. The Morgan fingerprint density at radius 2 is 1.69 bits per heavy atom. The molecule has 1 saturated heterocycles. The zero-order valence-electron chi connectivity index (χ0n) is 22.5. The van der Waals surface area contributed by atoms with Crippen molar-refractivity contribution < 1.29 is 33.1 Å². The number of carbonyl (C=O) groups is 2. The van der Waals surface area contributed by atoms with Crippen LogP contribution in [-0.2, 0) is 25.1 Å². The summed E-state index contributed by atoms with van der Waals surface area (Å²) in [4.78, 5) is 25.6. The SMILES string of the molecule is CC(C)(C)OC(=O)Oc1c(CB2O[C@@H]3C[C@@H]4C[C@@H](C4(C)C)[C@]3(C)O2)cccc1C(=O)OC(C)(C)C. The predicted octanol–water partition coefficient (Wildman–Crippen LogP) is 5.77. The molecule has 1 aromatic carbocycles. The van der Waals surface area contributed by atoms with E-state index in [0.717, 1.165) is 12.8 Å². The minimum atomic E-state index is -0.883. The van der Waals surface area contributed by atoms with E-state index in [4.69, 9.17) is 23.5 Å². The molecule has 0 spiro atoms. The van der Waals surface area contributed by atoms with E-state index in [1.54, 1.807) is 53.7 Å². The van der Waals surface area contributed by atoms with Gasteiger partial charge in [0.05, 0.1) is 11.7 Å². The van der Waals surface area contributed by atoms with Gasteiger partial charge < -0.3 is 23.5 Å². The number of para-hydroxylation sites is 1. The fourth-order valence-corrected chi connectivity index (χ4v) is 5.93. The second-order valence-corrected chi connectivity index (χ2v) is 13.0. The second-order valence-electron chi connectivity index (χ2n) is 13.0. The molecule has 0 unspecified atom stereocenters. The first kappa shape index (κ1) is 26.0. The van der Waals surface area contributed by atoms with Crippen molar-refractivity contribution in [2.75, 3.05) is 0 Å². The van der Waals surface area contributed by atoms with Crippen LogP contribution in [0.4, 0.5) is 4.79 Å². The molecule has 1 aromatic rings. The molecule has 3 aliphatic carbocycles. The molecule has 7 nitrogen and oxygen atoms in total. The van der Waals surface area contributed by atoms with Crippen molar-refractivity contribution in [1.29, 1.82) is 0 Å². The van der Waals surface area contributed by atoms with E-state index in [2.05, 4.69) is 20.8 Å². The van der Waals surface area contributed by atoms with Crippen molar-refractivity contribution in [3.63, 3.8) is 0 Å². The van der Waals surface area contributed by atoms with Crippen LogP contribution in [0.15, 0.2) is 18.2 Å². The third kappa shape index (κ3) is 5.10. The quantitative estimate of drug-likeness (QED) is 0.304. The maximum absolute atomic E-state index is 13.0. The monoisotopic (exact) mass is 486 g/mol. The Bertz CT molecular complexity index is 1010. The highest BCUT2D eigenvalue weighted by atomic mass is 16.7. The van der Waals surface area contributed by atoms with Gasteiger partial charge in [-0.15, -0.1) is 0 Å². The van der Waals surface area contributed by atoms with Gasteiger partial charge in [-0.3, -0.25) is 0 Å². The molecule has 1 heterocycles. The Morgan fingerprint density at radius 1 is 1.03 bits per heavy atom. The predicted molar refractivity (Wildman–Crippen MR) is 132 cm³/mol. The van der Waals surface area contributed by atoms with Gasteiger partial charge >= 0.3 is 19.2 Å². The molecule has 4 fully saturated rings. The van der Waals surface area contributed by atoms with Gasteiger partial charge in [-0.25, -0.2) is 9.59 Å². The third-order valence-corrected chi connectivity index (χ3v) is 7.68. The highest BCUT2D eigenvalue weighted by molar-refractivity contribution is 6.45. The van der Waals surface area contributed by atoms with Crippen molar-refractivity contribution in [2.24, 2.45) is 17.3 Å². The topological polar surface area (TPSA) is 80.3 Å². The van der Waals surface area contributed by atoms with Gasteiger partial charge in [0, 0.05) is 6.32 Å². The molecule has 0 aromatic heterocycles. The first-order valence-corrected chi connectivity index (χ1v) is 12.6. The van der Waals surface area contributed by atoms with Gasteiger partial charge in [0.2, 0.25) is 0 Å². The average Bonchev–Trinajstić information content (AvgIpc) is 3.01. The van der Waals surface area contributed by atoms with Crippen LogP contribution in [-0.4, -0.2) is 42.2 Å². The van der Waals surface area contributed by atoms with Crippen molar-refractivity contribution >= 4 is 19.2 Å². The highest BCUT2D eigenvalue weighted by Gasteiger charge is 2.67. The number of esters is 1. The number of benzene rings is 1. The number of carbonyl (C=O) groups excluding carboxylic acids is 2. The lowest BCUT2D eigenvalue weighted by Crippen LogP contribution is -2.65. The maximum atomic E-state index is 13.0. The Hall–Kier alpha value is -2.06. The molecule has 5 rings (SSSR count). The van der Waals surface area contributed by atoms with Crippen molar-refractivity contribution in [1.82, 2.24) is 0 Å². The average molecular weight is 486 g/mol. The van der Waals surface area contributed by atoms with Gasteiger partial charge in [0.15, 0.2) is 5.75 Å². The molecule has 3 saturated carbocycles. The zero-order valence-corrected chi connectivity index (χ0v) is 22.5. The number of ether oxygens (including phenoxy) is 3. The maximum Gasteiger partial charge on any atom is 0.514 e. The van der Waals surface area contributed by atoms with Gasteiger partial charge in [-0.05, 0) is 90.2 Å². The number of hydrogen-bond acceptors (Lipinski definition) is 7. The summed E-state index contributed by atoms with van der Waals surface area (Å²) in [5.74, 6) is 0.631. The Labute approximate surface area is 209 Å². The Kier molecular flexibility index (Phi) is 6.33. The largest absolute Gasteiger partial charge is 0.514 e. The zero-order chi connectivity index (χ0) is 26.0. The first-order valence-electron chi connectivity index (χ1n) is 12.6. The summed E-state index contributed by atoms with van der Waals surface area (Å²) >= 11 is 0. The van der Waals surface area contributed by atoms with E-state index in [1.165, 1.54) is 0 Å². The van der Waals surface area contributed by atoms with Crippen LogP contribution >= 0.6 is 0 Å². The number of rotatable bonds is 4. The minimum absolute atomic E-state index is 0.0357. The lowest BCUT2D eigenvalue weighted by Gasteiger charge is -2.64. The second kappa shape index (κ2) is 8.51. The standard InChI is InChI=1S/C27H39BO7/c1-24(2,3)32-22(29)18-12-10-11-16(21(18)31-23(30)33-25(4,5)6)15-28-34-20-14-17-13-19(26(17,7)8)27(20,9)35-28/h10-12,17,19-20H,13-15H2,1-9H3/t17-,19-,20+,27-/m0/s1. The summed E-state index contributed by atoms with van der Waals surface area (Å²) in [7, 11) is -0.505. The molecular formula is C27H39BO7. The summed E-state index contributed by atoms with van der Waals surface area (Å²) in [5.41, 5.74) is -0.769. The van der Waals surface area contributed by atoms with Crippen LogP contribution < -0.4 is 4.74 Å². The molecule has 192 valence electrons. The smallest absolute Gasteiger partial charge is 0.456 e. The van der Waals surface area contributed by atoms with Crippen LogP contribution in [0.3, 0.4) is 0 Å². The molecule has 0 amide bonds.